The maximum absolute atomic E-state index is 13.5. The fourth-order valence-corrected chi connectivity index (χ4v) is 5.04. The minimum atomic E-state index is -3.84. The lowest BCUT2D eigenvalue weighted by Gasteiger charge is -2.29. The van der Waals surface area contributed by atoms with E-state index in [1.807, 2.05) is 25.1 Å². The zero-order valence-electron chi connectivity index (χ0n) is 18.6. The normalized spacial score (nSPS) is 14.4. The summed E-state index contributed by atoms with van der Waals surface area (Å²) in [5.74, 6) is 1.17. The molecule has 1 fully saturated rings. The quantitative estimate of drug-likeness (QED) is 0.583. The molecular weight excluding hydrogens is 430 g/mol. The Kier molecular flexibility index (Phi) is 8.49. The van der Waals surface area contributed by atoms with Gasteiger partial charge in [-0.15, -0.1) is 0 Å². The molecule has 0 atom stereocenters. The monoisotopic (exact) mass is 461 g/mol. The number of methoxy groups -OCH3 is 1. The van der Waals surface area contributed by atoms with Crippen molar-refractivity contribution in [3.63, 3.8) is 0 Å². The zero-order chi connectivity index (χ0) is 23.0. The summed E-state index contributed by atoms with van der Waals surface area (Å²) in [6, 6.07) is 13.7. The van der Waals surface area contributed by atoms with Crippen molar-refractivity contribution in [2.45, 2.75) is 24.8 Å². The number of carbonyl (C=O) groups is 1. The first kappa shape index (κ1) is 24.0. The summed E-state index contributed by atoms with van der Waals surface area (Å²) in [7, 11) is -2.29. The maximum Gasteiger partial charge on any atom is 0.243 e. The SMILES string of the molecule is CCOc1ccc(S(=O)(=O)N(CCC(=O)N2CCNCC2)Cc2ccccc2OC)cc1. The second-order valence-corrected chi connectivity index (χ2v) is 9.37. The molecule has 2 aromatic rings. The van der Waals surface area contributed by atoms with E-state index in [9.17, 15) is 13.2 Å². The van der Waals surface area contributed by atoms with E-state index in [0.29, 0.717) is 31.2 Å². The molecule has 8 nitrogen and oxygen atoms in total. The summed E-state index contributed by atoms with van der Waals surface area (Å²) in [5.41, 5.74) is 0.735. The molecule has 0 spiro atoms. The summed E-state index contributed by atoms with van der Waals surface area (Å²) >= 11 is 0. The Morgan fingerprint density at radius 2 is 1.78 bits per heavy atom. The van der Waals surface area contributed by atoms with Crippen LogP contribution in [-0.2, 0) is 21.4 Å². The highest BCUT2D eigenvalue weighted by Gasteiger charge is 2.27. The van der Waals surface area contributed by atoms with Crippen molar-refractivity contribution in [1.29, 1.82) is 0 Å². The number of amides is 1. The average molecular weight is 462 g/mol. The van der Waals surface area contributed by atoms with Crippen LogP contribution in [0.4, 0.5) is 0 Å². The number of hydrogen-bond acceptors (Lipinski definition) is 6. The van der Waals surface area contributed by atoms with Gasteiger partial charge in [0.2, 0.25) is 15.9 Å². The largest absolute Gasteiger partial charge is 0.496 e. The van der Waals surface area contributed by atoms with Crippen LogP contribution in [0.2, 0.25) is 0 Å². The lowest BCUT2D eigenvalue weighted by atomic mass is 10.2. The first-order valence-corrected chi connectivity index (χ1v) is 12.2. The Bertz CT molecular complexity index is 989. The van der Waals surface area contributed by atoms with Crippen LogP contribution >= 0.6 is 0 Å². The van der Waals surface area contributed by atoms with E-state index in [1.165, 1.54) is 16.4 Å². The molecule has 1 N–H and O–H groups in total. The number of hydrogen-bond donors (Lipinski definition) is 1. The number of carbonyl (C=O) groups excluding carboxylic acids is 1. The number of nitrogens with one attached hydrogen (secondary N) is 1. The first-order valence-electron chi connectivity index (χ1n) is 10.8. The molecule has 32 heavy (non-hydrogen) atoms. The van der Waals surface area contributed by atoms with Gasteiger partial charge in [0.25, 0.3) is 0 Å². The maximum atomic E-state index is 13.5. The Morgan fingerprint density at radius 3 is 2.44 bits per heavy atom. The van der Waals surface area contributed by atoms with Gasteiger partial charge in [-0.3, -0.25) is 4.79 Å². The summed E-state index contributed by atoms with van der Waals surface area (Å²) in [4.78, 5) is 14.6. The molecule has 3 rings (SSSR count). The summed E-state index contributed by atoms with van der Waals surface area (Å²) < 4.78 is 39.2. The van der Waals surface area contributed by atoms with Crippen molar-refractivity contribution < 1.29 is 22.7 Å². The molecular formula is C23H31N3O5S. The van der Waals surface area contributed by atoms with Gasteiger partial charge in [0.05, 0.1) is 18.6 Å². The van der Waals surface area contributed by atoms with Gasteiger partial charge in [-0.2, -0.15) is 4.31 Å². The second-order valence-electron chi connectivity index (χ2n) is 7.44. The van der Waals surface area contributed by atoms with Crippen molar-refractivity contribution in [2.24, 2.45) is 0 Å². The van der Waals surface area contributed by atoms with E-state index >= 15 is 0 Å². The van der Waals surface area contributed by atoms with E-state index in [2.05, 4.69) is 5.32 Å². The molecule has 0 saturated carbocycles. The van der Waals surface area contributed by atoms with E-state index in [4.69, 9.17) is 9.47 Å². The highest BCUT2D eigenvalue weighted by Crippen LogP contribution is 2.25. The standard InChI is InChI=1S/C23H31N3O5S/c1-3-31-20-8-10-21(11-9-20)32(28,29)26(18-19-6-4-5-7-22(19)30-2)15-12-23(27)25-16-13-24-14-17-25/h4-11,24H,3,12-18H2,1-2H3. The number of benzene rings is 2. The van der Waals surface area contributed by atoms with Gasteiger partial charge in [-0.05, 0) is 37.3 Å². The topological polar surface area (TPSA) is 88.2 Å². The number of nitrogens with zero attached hydrogens (tertiary/aromatic N) is 2. The van der Waals surface area contributed by atoms with Crippen LogP contribution in [0.3, 0.4) is 0 Å². The van der Waals surface area contributed by atoms with Gasteiger partial charge in [0.15, 0.2) is 0 Å². The molecule has 174 valence electrons. The second kappa shape index (κ2) is 11.3. The summed E-state index contributed by atoms with van der Waals surface area (Å²) in [6.07, 6.45) is 0.116. The minimum absolute atomic E-state index is 0.0431. The molecule has 0 unspecified atom stereocenters. The van der Waals surface area contributed by atoms with E-state index < -0.39 is 10.0 Å². The molecule has 1 saturated heterocycles. The third-order valence-corrected chi connectivity index (χ3v) is 7.22. The minimum Gasteiger partial charge on any atom is -0.496 e. The number of sulfonamides is 1. The Balaban J connectivity index is 1.83. The molecule has 0 aliphatic carbocycles. The molecule has 0 aromatic heterocycles. The van der Waals surface area contributed by atoms with Crippen LogP contribution in [0, 0.1) is 0 Å². The van der Waals surface area contributed by atoms with Crippen LogP contribution < -0.4 is 14.8 Å². The van der Waals surface area contributed by atoms with Crippen molar-refractivity contribution in [3.05, 3.63) is 54.1 Å². The molecule has 9 heteroatoms. The van der Waals surface area contributed by atoms with Crippen LogP contribution in [0.15, 0.2) is 53.4 Å². The van der Waals surface area contributed by atoms with Gasteiger partial charge >= 0.3 is 0 Å². The third kappa shape index (κ3) is 5.99. The van der Waals surface area contributed by atoms with Gasteiger partial charge in [-0.1, -0.05) is 18.2 Å². The molecule has 1 aliphatic heterocycles. The molecule has 0 radical (unpaired) electrons. The van der Waals surface area contributed by atoms with E-state index in [0.717, 1.165) is 18.7 Å². The summed E-state index contributed by atoms with van der Waals surface area (Å²) in [5, 5.41) is 3.21. The number of piperazine rings is 1. The number of ether oxygens (including phenoxy) is 2. The van der Waals surface area contributed by atoms with Crippen LogP contribution in [0.1, 0.15) is 18.9 Å². The van der Waals surface area contributed by atoms with Gasteiger partial charge < -0.3 is 19.7 Å². The predicted octanol–water partition coefficient (Wildman–Crippen LogP) is 2.11. The van der Waals surface area contributed by atoms with Crippen molar-refractivity contribution in [1.82, 2.24) is 14.5 Å². The molecule has 2 aromatic carbocycles. The summed E-state index contributed by atoms with van der Waals surface area (Å²) in [6.45, 7) is 5.33. The Hall–Kier alpha value is -2.62. The highest BCUT2D eigenvalue weighted by molar-refractivity contribution is 7.89. The zero-order valence-corrected chi connectivity index (χ0v) is 19.4. The van der Waals surface area contributed by atoms with Crippen LogP contribution in [0.5, 0.6) is 11.5 Å². The van der Waals surface area contributed by atoms with Crippen LogP contribution in [-0.4, -0.2) is 70.0 Å². The lowest BCUT2D eigenvalue weighted by molar-refractivity contribution is -0.131. The smallest absolute Gasteiger partial charge is 0.243 e. The van der Waals surface area contributed by atoms with E-state index in [-0.39, 0.29) is 30.3 Å². The average Bonchev–Trinajstić information content (AvgIpc) is 2.82. The van der Waals surface area contributed by atoms with Crippen LogP contribution in [0.25, 0.3) is 0 Å². The fourth-order valence-electron chi connectivity index (χ4n) is 3.62. The molecule has 1 heterocycles. The lowest BCUT2D eigenvalue weighted by Crippen LogP contribution is -2.47. The first-order chi connectivity index (χ1) is 15.5. The number of rotatable bonds is 10. The number of para-hydroxylation sites is 1. The molecule has 1 amide bonds. The predicted molar refractivity (Wildman–Crippen MR) is 122 cm³/mol. The fraction of sp³-hybridized carbons (Fsp3) is 0.435. The Morgan fingerprint density at radius 1 is 1.09 bits per heavy atom. The Labute approximate surface area is 190 Å². The highest BCUT2D eigenvalue weighted by atomic mass is 32.2. The van der Waals surface area contributed by atoms with Gasteiger partial charge in [0, 0.05) is 51.3 Å². The third-order valence-electron chi connectivity index (χ3n) is 5.36. The van der Waals surface area contributed by atoms with Gasteiger partial charge in [-0.25, -0.2) is 8.42 Å². The van der Waals surface area contributed by atoms with Crippen molar-refractivity contribution in [3.8, 4) is 11.5 Å². The van der Waals surface area contributed by atoms with Crippen molar-refractivity contribution >= 4 is 15.9 Å². The van der Waals surface area contributed by atoms with Gasteiger partial charge in [0.1, 0.15) is 11.5 Å². The molecule has 0 bridgehead atoms. The molecule has 1 aliphatic rings. The van der Waals surface area contributed by atoms with Crippen molar-refractivity contribution in [2.75, 3.05) is 46.4 Å². The van der Waals surface area contributed by atoms with E-state index in [1.54, 1.807) is 30.2 Å².